The summed E-state index contributed by atoms with van der Waals surface area (Å²) in [6, 6.07) is 13.2. The average molecular weight is 642 g/mol. The van der Waals surface area contributed by atoms with Crippen LogP contribution in [0.25, 0.3) is 0 Å². The molecule has 1 unspecified atom stereocenters. The number of aliphatic hydroxyl groups is 1. The summed E-state index contributed by atoms with van der Waals surface area (Å²) in [5.74, 6) is -1.23. The van der Waals surface area contributed by atoms with Crippen molar-refractivity contribution in [3.63, 3.8) is 0 Å². The lowest BCUT2D eigenvalue weighted by Gasteiger charge is -2.27. The second kappa shape index (κ2) is 12.5. The summed E-state index contributed by atoms with van der Waals surface area (Å²) in [4.78, 5) is 42.3. The smallest absolute Gasteiger partial charge is 0.264 e. The van der Waals surface area contributed by atoms with Gasteiger partial charge in [-0.3, -0.25) is 19.3 Å². The van der Waals surface area contributed by atoms with Gasteiger partial charge in [0.15, 0.2) is 11.5 Å². The second-order valence-corrected chi connectivity index (χ2v) is 13.4. The van der Waals surface area contributed by atoms with Gasteiger partial charge < -0.3 is 24.6 Å². The maximum atomic E-state index is 13.9. The van der Waals surface area contributed by atoms with Crippen molar-refractivity contribution in [1.29, 1.82) is 0 Å². The van der Waals surface area contributed by atoms with Crippen LogP contribution in [0, 0.1) is 0 Å². The number of fused-ring (bicyclic) bond motifs is 2. The normalized spacial score (nSPS) is 16.8. The molecule has 2 aliphatic rings. The van der Waals surface area contributed by atoms with Gasteiger partial charge >= 0.3 is 0 Å². The number of hydrogen-bond donors (Lipinski definition) is 2. The van der Waals surface area contributed by atoms with E-state index < -0.39 is 45.6 Å². The van der Waals surface area contributed by atoms with E-state index in [1.54, 1.807) is 43.3 Å². The van der Waals surface area contributed by atoms with Gasteiger partial charge in [0, 0.05) is 11.8 Å². The Labute approximate surface area is 258 Å². The third-order valence-electron chi connectivity index (χ3n) is 7.15. The fourth-order valence-electron chi connectivity index (χ4n) is 5.23. The molecular weight excluding hydrogens is 610 g/mol. The number of nitrogens with one attached hydrogen (secondary N) is 1. The predicted octanol–water partition coefficient (Wildman–Crippen LogP) is 3.44. The third-order valence-corrected chi connectivity index (χ3v) is 9.26. The summed E-state index contributed by atoms with van der Waals surface area (Å²) >= 11 is 1.17. The molecule has 232 valence electrons. The standard InChI is InChI=1S/C30H31N3O9S2/c1-5-42-24-14-17(12-13-22(24)40-2)21(16-44(4,38)39)33-29(36)18-8-6-10-20(26(18)30(33)37)31-25(34)15-32-28(35)19-9-7-11-23(41-3)27(19)43-32/h6-14,21,28,35H,5,15-16H2,1-4H3,(H,31,34)/t21-,28?/m1/s1. The summed E-state index contributed by atoms with van der Waals surface area (Å²) in [5.41, 5.74) is 1.02. The first kappa shape index (κ1) is 31.3. The summed E-state index contributed by atoms with van der Waals surface area (Å²) in [6.45, 7) is 1.83. The van der Waals surface area contributed by atoms with Gasteiger partial charge in [-0.1, -0.05) is 24.3 Å². The van der Waals surface area contributed by atoms with Crippen LogP contribution >= 0.6 is 11.9 Å². The molecule has 0 fully saturated rings. The lowest BCUT2D eigenvalue weighted by Crippen LogP contribution is -2.38. The molecule has 0 saturated carbocycles. The topological polar surface area (TPSA) is 152 Å². The number of amides is 3. The number of aliphatic hydroxyl groups excluding tert-OH is 1. The molecule has 0 radical (unpaired) electrons. The van der Waals surface area contributed by atoms with Crippen molar-refractivity contribution in [1.82, 2.24) is 9.21 Å². The van der Waals surface area contributed by atoms with E-state index in [0.717, 1.165) is 11.2 Å². The van der Waals surface area contributed by atoms with Crippen molar-refractivity contribution >= 4 is 45.2 Å². The number of imide groups is 1. The van der Waals surface area contributed by atoms with Gasteiger partial charge in [-0.05, 0) is 54.8 Å². The van der Waals surface area contributed by atoms with Gasteiger partial charge in [0.25, 0.3) is 11.8 Å². The van der Waals surface area contributed by atoms with Gasteiger partial charge in [-0.25, -0.2) is 12.7 Å². The zero-order valence-electron chi connectivity index (χ0n) is 24.4. The minimum Gasteiger partial charge on any atom is -0.496 e. The van der Waals surface area contributed by atoms with Gasteiger partial charge in [-0.15, -0.1) is 0 Å². The lowest BCUT2D eigenvalue weighted by molar-refractivity contribution is -0.117. The van der Waals surface area contributed by atoms with Crippen molar-refractivity contribution in [3.05, 3.63) is 76.9 Å². The number of ether oxygens (including phenoxy) is 3. The number of benzene rings is 3. The van der Waals surface area contributed by atoms with E-state index in [9.17, 15) is 27.9 Å². The first-order valence-corrected chi connectivity index (χ1v) is 16.4. The Morgan fingerprint density at radius 3 is 2.43 bits per heavy atom. The number of sulfone groups is 1. The van der Waals surface area contributed by atoms with Crippen molar-refractivity contribution in [2.45, 2.75) is 24.1 Å². The highest BCUT2D eigenvalue weighted by Gasteiger charge is 2.44. The molecule has 0 aliphatic carbocycles. The van der Waals surface area contributed by atoms with E-state index >= 15 is 0 Å². The molecule has 0 bridgehead atoms. The molecule has 0 saturated heterocycles. The zero-order chi connectivity index (χ0) is 31.8. The monoisotopic (exact) mass is 641 g/mol. The van der Waals surface area contributed by atoms with E-state index in [0.29, 0.717) is 39.9 Å². The van der Waals surface area contributed by atoms with E-state index in [1.807, 2.05) is 0 Å². The van der Waals surface area contributed by atoms with E-state index in [2.05, 4.69) is 5.32 Å². The van der Waals surface area contributed by atoms with Gasteiger partial charge in [0.05, 0.1) is 60.9 Å². The van der Waals surface area contributed by atoms with Gasteiger partial charge in [-0.2, -0.15) is 0 Å². The quantitative estimate of drug-likeness (QED) is 0.234. The lowest BCUT2D eigenvalue weighted by atomic mass is 10.1. The highest BCUT2D eigenvalue weighted by atomic mass is 32.2. The van der Waals surface area contributed by atoms with Crippen LogP contribution in [-0.2, 0) is 14.6 Å². The SMILES string of the molecule is CCOc1cc([C@@H](CS(C)(=O)=O)N2C(=O)c3cccc(NC(=O)CN4Sc5c(OC)cccc5C4O)c3C2=O)ccc1OC. The summed E-state index contributed by atoms with van der Waals surface area (Å²) < 4.78 is 42.8. The number of rotatable bonds is 11. The van der Waals surface area contributed by atoms with Gasteiger partial charge in [0.1, 0.15) is 21.8 Å². The van der Waals surface area contributed by atoms with Crippen molar-refractivity contribution < 1.29 is 42.1 Å². The Kier molecular flexibility index (Phi) is 8.88. The third kappa shape index (κ3) is 5.98. The first-order valence-electron chi connectivity index (χ1n) is 13.6. The molecule has 3 aromatic carbocycles. The minimum absolute atomic E-state index is 0.0255. The molecule has 14 heteroatoms. The maximum absolute atomic E-state index is 13.9. The molecule has 0 aromatic heterocycles. The van der Waals surface area contributed by atoms with Crippen LogP contribution in [-0.4, -0.2) is 79.8 Å². The van der Waals surface area contributed by atoms with Crippen LogP contribution in [0.5, 0.6) is 17.2 Å². The predicted molar refractivity (Wildman–Crippen MR) is 163 cm³/mol. The largest absolute Gasteiger partial charge is 0.496 e. The van der Waals surface area contributed by atoms with Crippen molar-refractivity contribution in [3.8, 4) is 17.2 Å². The number of carbonyl (C=O) groups excluding carboxylic acids is 3. The van der Waals surface area contributed by atoms with Crippen LogP contribution in [0.1, 0.15) is 51.0 Å². The molecule has 5 rings (SSSR count). The summed E-state index contributed by atoms with van der Waals surface area (Å²) in [7, 11) is -0.709. The zero-order valence-corrected chi connectivity index (χ0v) is 26.0. The maximum Gasteiger partial charge on any atom is 0.264 e. The molecule has 2 aliphatic heterocycles. The molecule has 2 N–H and O–H groups in total. The van der Waals surface area contributed by atoms with E-state index in [4.69, 9.17) is 14.2 Å². The molecule has 0 spiro atoms. The van der Waals surface area contributed by atoms with Crippen LogP contribution in [0.2, 0.25) is 0 Å². The molecular formula is C30H31N3O9S2. The highest BCUT2D eigenvalue weighted by molar-refractivity contribution is 7.97. The Morgan fingerprint density at radius 2 is 1.75 bits per heavy atom. The number of carbonyl (C=O) groups is 3. The molecule has 44 heavy (non-hydrogen) atoms. The molecule has 3 aromatic rings. The second-order valence-electron chi connectivity index (χ2n) is 10.1. The van der Waals surface area contributed by atoms with Crippen molar-refractivity contribution in [2.24, 2.45) is 0 Å². The Bertz CT molecular complexity index is 1750. The molecule has 12 nitrogen and oxygen atoms in total. The number of methoxy groups -OCH3 is 2. The highest BCUT2D eigenvalue weighted by Crippen LogP contribution is 2.47. The Balaban J connectivity index is 1.42. The molecule has 3 amide bonds. The van der Waals surface area contributed by atoms with Crippen LogP contribution in [0.15, 0.2) is 59.5 Å². The minimum atomic E-state index is -3.69. The summed E-state index contributed by atoms with van der Waals surface area (Å²) in [6.07, 6.45) is -0.0472. The number of anilines is 1. The van der Waals surface area contributed by atoms with Crippen molar-refractivity contribution in [2.75, 3.05) is 44.7 Å². The first-order chi connectivity index (χ1) is 21.0. The fourth-order valence-corrected chi connectivity index (χ4v) is 7.30. The van der Waals surface area contributed by atoms with E-state index in [1.165, 1.54) is 48.7 Å². The molecule has 2 atom stereocenters. The molecule has 2 heterocycles. The van der Waals surface area contributed by atoms with Gasteiger partial charge in [0.2, 0.25) is 5.91 Å². The van der Waals surface area contributed by atoms with Crippen LogP contribution in [0.3, 0.4) is 0 Å². The Morgan fingerprint density at radius 1 is 1.02 bits per heavy atom. The van der Waals surface area contributed by atoms with Crippen LogP contribution in [0.4, 0.5) is 5.69 Å². The fraction of sp³-hybridized carbons (Fsp3) is 0.300. The van der Waals surface area contributed by atoms with E-state index in [-0.39, 0.29) is 23.4 Å². The Hall–Kier alpha value is -4.11. The summed E-state index contributed by atoms with van der Waals surface area (Å²) in [5, 5.41) is 13.5. The number of nitrogens with zero attached hydrogens (tertiary/aromatic N) is 2. The number of hydrogen-bond acceptors (Lipinski definition) is 11. The van der Waals surface area contributed by atoms with Crippen LogP contribution < -0.4 is 19.5 Å². The average Bonchev–Trinajstić information content (AvgIpc) is 3.44.